The minimum absolute atomic E-state index is 0.240. The summed E-state index contributed by atoms with van der Waals surface area (Å²) in [6.45, 7) is 5.67. The van der Waals surface area contributed by atoms with Crippen LogP contribution in [0.1, 0.15) is 6.92 Å². The maximum atomic E-state index is 9.29. The van der Waals surface area contributed by atoms with Crippen LogP contribution in [-0.2, 0) is 0 Å². The van der Waals surface area contributed by atoms with Crippen molar-refractivity contribution in [2.75, 3.05) is 6.54 Å². The molecule has 0 aromatic heterocycles. The molecule has 0 unspecified atom stereocenters. The van der Waals surface area contributed by atoms with Gasteiger partial charge in [-0.25, -0.2) is 0 Å². The second-order valence-electron chi connectivity index (χ2n) is 2.15. The van der Waals surface area contributed by atoms with E-state index >= 15 is 0 Å². The summed E-state index contributed by atoms with van der Waals surface area (Å²) in [4.78, 5) is 0. The van der Waals surface area contributed by atoms with E-state index in [9.17, 15) is 5.11 Å². The fourth-order valence-corrected chi connectivity index (χ4v) is 0.742. The number of aliphatic hydroxyl groups is 1. The molecule has 1 atom stereocenters. The number of nitrogens with two attached hydrogens (primary N) is 1. The van der Waals surface area contributed by atoms with Gasteiger partial charge in [0, 0.05) is 6.54 Å². The fraction of sp³-hybridized carbons (Fsp3) is 0.333. The molecule has 2 heteroatoms. The van der Waals surface area contributed by atoms with Gasteiger partial charge in [0.15, 0.2) is 0 Å². The van der Waals surface area contributed by atoms with Gasteiger partial charge in [-0.3, -0.25) is 0 Å². The van der Waals surface area contributed by atoms with Gasteiger partial charge >= 0.3 is 0 Å². The lowest BCUT2D eigenvalue weighted by molar-refractivity contribution is 0.223. The second kappa shape index (κ2) is 5.89. The van der Waals surface area contributed by atoms with Crippen LogP contribution in [0.5, 0.6) is 0 Å². The molecule has 0 aromatic rings. The first-order chi connectivity index (χ1) is 5.26. The average Bonchev–Trinajstić information content (AvgIpc) is 2.03. The maximum absolute atomic E-state index is 9.29. The van der Waals surface area contributed by atoms with Crippen LogP contribution >= 0.6 is 0 Å². The Kier molecular flexibility index (Phi) is 5.43. The van der Waals surface area contributed by atoms with Gasteiger partial charge in [-0.1, -0.05) is 30.9 Å². The third kappa shape index (κ3) is 3.75. The lowest BCUT2D eigenvalue weighted by Crippen LogP contribution is -2.20. The van der Waals surface area contributed by atoms with E-state index < -0.39 is 6.10 Å². The Balaban J connectivity index is 4.32. The fourth-order valence-electron chi connectivity index (χ4n) is 0.742. The molecule has 0 aromatic carbocycles. The monoisotopic (exact) mass is 153 g/mol. The molecule has 0 amide bonds. The molecule has 0 aliphatic rings. The van der Waals surface area contributed by atoms with Gasteiger partial charge in [0.05, 0.1) is 6.10 Å². The Bertz CT molecular complexity index is 170. The number of allylic oxidation sites excluding steroid dienone is 3. The smallest absolute Gasteiger partial charge is 0.0912 e. The van der Waals surface area contributed by atoms with Gasteiger partial charge in [-0.2, -0.15) is 0 Å². The van der Waals surface area contributed by atoms with Crippen molar-refractivity contribution in [3.8, 4) is 0 Å². The van der Waals surface area contributed by atoms with Crippen LogP contribution in [0.4, 0.5) is 0 Å². The lowest BCUT2D eigenvalue weighted by Gasteiger charge is -2.07. The van der Waals surface area contributed by atoms with Gasteiger partial charge in [0.1, 0.15) is 0 Å². The van der Waals surface area contributed by atoms with Crippen LogP contribution in [0, 0.1) is 0 Å². The summed E-state index contributed by atoms with van der Waals surface area (Å²) in [5.41, 5.74) is 6.07. The summed E-state index contributed by atoms with van der Waals surface area (Å²) in [7, 11) is 0. The van der Waals surface area contributed by atoms with Crippen molar-refractivity contribution in [3.63, 3.8) is 0 Å². The summed E-state index contributed by atoms with van der Waals surface area (Å²) in [5, 5.41) is 9.29. The highest BCUT2D eigenvalue weighted by atomic mass is 16.3. The zero-order valence-electron chi connectivity index (χ0n) is 6.83. The predicted molar refractivity (Wildman–Crippen MR) is 48.2 cm³/mol. The number of aliphatic hydroxyl groups excluding tert-OH is 1. The molecule has 0 aliphatic carbocycles. The lowest BCUT2D eigenvalue weighted by atomic mass is 10.1. The van der Waals surface area contributed by atoms with Crippen LogP contribution in [0.2, 0.25) is 0 Å². The average molecular weight is 153 g/mol. The summed E-state index contributed by atoms with van der Waals surface area (Å²) < 4.78 is 0. The minimum atomic E-state index is -0.579. The van der Waals surface area contributed by atoms with Crippen molar-refractivity contribution in [1.29, 1.82) is 0 Å². The molecule has 0 aliphatic heterocycles. The van der Waals surface area contributed by atoms with Crippen molar-refractivity contribution >= 4 is 0 Å². The molecule has 0 saturated heterocycles. The first-order valence-corrected chi connectivity index (χ1v) is 3.59. The molecular weight excluding hydrogens is 138 g/mol. The summed E-state index contributed by atoms with van der Waals surface area (Å²) >= 11 is 0. The molecule has 3 N–H and O–H groups in total. The number of hydrogen-bond acceptors (Lipinski definition) is 2. The molecule has 0 saturated carbocycles. The molecule has 0 bridgehead atoms. The second-order valence-corrected chi connectivity index (χ2v) is 2.15. The van der Waals surface area contributed by atoms with Crippen LogP contribution in [0.25, 0.3) is 0 Å². The van der Waals surface area contributed by atoms with E-state index in [1.165, 1.54) is 0 Å². The Morgan fingerprint density at radius 2 is 2.36 bits per heavy atom. The van der Waals surface area contributed by atoms with Gasteiger partial charge in [0.2, 0.25) is 0 Å². The highest BCUT2D eigenvalue weighted by molar-refractivity contribution is 5.26. The SMILES string of the molecule is C=C/C=C(\C=C/C)[C@@H](O)CN. The van der Waals surface area contributed by atoms with E-state index in [0.29, 0.717) is 0 Å². The van der Waals surface area contributed by atoms with Crippen LogP contribution in [0.3, 0.4) is 0 Å². The quantitative estimate of drug-likeness (QED) is 0.592. The number of hydrogen-bond donors (Lipinski definition) is 2. The molecule has 0 rings (SSSR count). The molecule has 2 nitrogen and oxygen atoms in total. The Labute approximate surface area is 67.7 Å². The van der Waals surface area contributed by atoms with Crippen molar-refractivity contribution < 1.29 is 5.11 Å². The molecule has 0 spiro atoms. The minimum Gasteiger partial charge on any atom is -0.387 e. The maximum Gasteiger partial charge on any atom is 0.0912 e. The largest absolute Gasteiger partial charge is 0.387 e. The molecule has 0 fully saturated rings. The van der Waals surface area contributed by atoms with Gasteiger partial charge in [-0.05, 0) is 12.5 Å². The highest BCUT2D eigenvalue weighted by Crippen LogP contribution is 2.03. The topological polar surface area (TPSA) is 46.2 Å². The van der Waals surface area contributed by atoms with Crippen LogP contribution in [-0.4, -0.2) is 17.8 Å². The van der Waals surface area contributed by atoms with E-state index in [-0.39, 0.29) is 6.54 Å². The zero-order valence-corrected chi connectivity index (χ0v) is 6.83. The van der Waals surface area contributed by atoms with E-state index in [1.54, 1.807) is 12.2 Å². The van der Waals surface area contributed by atoms with Gasteiger partial charge < -0.3 is 10.8 Å². The Morgan fingerprint density at radius 1 is 1.73 bits per heavy atom. The van der Waals surface area contributed by atoms with Crippen molar-refractivity contribution in [3.05, 3.63) is 36.5 Å². The Hall–Kier alpha value is -0.860. The van der Waals surface area contributed by atoms with Crippen molar-refractivity contribution in [1.82, 2.24) is 0 Å². The molecular formula is C9H15NO. The van der Waals surface area contributed by atoms with Gasteiger partial charge in [-0.15, -0.1) is 0 Å². The van der Waals surface area contributed by atoms with Crippen molar-refractivity contribution in [2.24, 2.45) is 5.73 Å². The zero-order chi connectivity index (χ0) is 8.69. The Morgan fingerprint density at radius 3 is 2.73 bits per heavy atom. The summed E-state index contributed by atoms with van der Waals surface area (Å²) in [6.07, 6.45) is 6.48. The van der Waals surface area contributed by atoms with Crippen LogP contribution < -0.4 is 5.73 Å². The van der Waals surface area contributed by atoms with E-state index in [4.69, 9.17) is 5.73 Å². The van der Waals surface area contributed by atoms with Gasteiger partial charge in [0.25, 0.3) is 0 Å². The van der Waals surface area contributed by atoms with Crippen molar-refractivity contribution in [2.45, 2.75) is 13.0 Å². The van der Waals surface area contributed by atoms with E-state index in [0.717, 1.165) is 5.57 Å². The molecule has 0 radical (unpaired) electrons. The summed E-state index contributed by atoms with van der Waals surface area (Å²) in [6, 6.07) is 0. The third-order valence-corrected chi connectivity index (χ3v) is 1.28. The third-order valence-electron chi connectivity index (χ3n) is 1.28. The normalized spacial score (nSPS) is 15.4. The first-order valence-electron chi connectivity index (χ1n) is 3.59. The standard InChI is InChI=1S/C9H15NO/c1-3-5-8(6-4-2)9(11)7-10/h3-6,9,11H,1,7,10H2,2H3/b6-4-,8-5+/t9-/m0/s1. The predicted octanol–water partition coefficient (Wildman–Crippen LogP) is 0.994. The highest BCUT2D eigenvalue weighted by Gasteiger charge is 2.02. The van der Waals surface area contributed by atoms with Crippen LogP contribution in [0.15, 0.2) is 36.5 Å². The number of rotatable bonds is 4. The van der Waals surface area contributed by atoms with E-state index in [1.807, 2.05) is 19.1 Å². The first kappa shape index (κ1) is 10.1. The summed E-state index contributed by atoms with van der Waals surface area (Å²) in [5.74, 6) is 0. The molecule has 0 heterocycles. The van der Waals surface area contributed by atoms with E-state index in [2.05, 4.69) is 6.58 Å². The molecule has 11 heavy (non-hydrogen) atoms. The molecule has 62 valence electrons.